The summed E-state index contributed by atoms with van der Waals surface area (Å²) in [6, 6.07) is 4.89. The van der Waals surface area contributed by atoms with Gasteiger partial charge in [-0.25, -0.2) is 8.42 Å². The summed E-state index contributed by atoms with van der Waals surface area (Å²) in [4.78, 5) is 41.0. The molecule has 0 unspecified atom stereocenters. The van der Waals surface area contributed by atoms with Gasteiger partial charge in [0.1, 0.15) is 6.04 Å². The highest BCUT2D eigenvalue weighted by atomic mass is 35.5. The second-order valence-electron chi connectivity index (χ2n) is 11.1. The normalized spacial score (nSPS) is 14.6. The molecule has 2 rings (SSSR count). The molecule has 0 heterocycles. The standard InChI is InChI=1S/C29H51N7O5S.3ClH/c1-3-36(4-2)42(40,41)24-13-10-23(11-14-24)21-33-29(39)26(15-12-22-8-6-5-7-9-22)34-28(38)25(32)20-27(37)35(18-16-30)19-17-31;;;/h10-11,13-14,22,25-26H,3-9,12,15-21,30-32H2,1-2H3,(H,33,39)(H,34,38);3*1H/t25-,26-;;;/m0.../s1. The second-order valence-corrected chi connectivity index (χ2v) is 13.0. The summed E-state index contributed by atoms with van der Waals surface area (Å²) in [6.45, 7) is 6.69. The van der Waals surface area contributed by atoms with Crippen molar-refractivity contribution in [1.29, 1.82) is 0 Å². The van der Waals surface area contributed by atoms with E-state index in [-0.39, 0.29) is 66.9 Å². The molecule has 0 aromatic heterocycles. The number of benzene rings is 1. The van der Waals surface area contributed by atoms with Crippen molar-refractivity contribution in [3.8, 4) is 0 Å². The Labute approximate surface area is 287 Å². The number of nitrogens with zero attached hydrogens (tertiary/aromatic N) is 2. The molecule has 1 aliphatic carbocycles. The first-order chi connectivity index (χ1) is 20.1. The molecule has 3 amide bonds. The van der Waals surface area contributed by atoms with Crippen LogP contribution in [0.5, 0.6) is 0 Å². The molecule has 45 heavy (non-hydrogen) atoms. The average Bonchev–Trinajstić information content (AvgIpc) is 2.98. The summed E-state index contributed by atoms with van der Waals surface area (Å²) >= 11 is 0. The number of nitrogens with one attached hydrogen (secondary N) is 2. The lowest BCUT2D eigenvalue weighted by atomic mass is 9.85. The molecule has 1 aromatic rings. The number of halogens is 3. The van der Waals surface area contributed by atoms with Gasteiger partial charge in [0.15, 0.2) is 6.04 Å². The second kappa shape index (κ2) is 23.6. The largest absolute Gasteiger partial charge is 1.00 e. The van der Waals surface area contributed by atoms with Crippen LogP contribution in [0.15, 0.2) is 29.2 Å². The van der Waals surface area contributed by atoms with Crippen LogP contribution in [-0.2, 0) is 31.0 Å². The molecule has 0 bridgehead atoms. The van der Waals surface area contributed by atoms with E-state index in [1.807, 2.05) is 0 Å². The van der Waals surface area contributed by atoms with Gasteiger partial charge in [-0.3, -0.25) is 14.4 Å². The fourth-order valence-corrected chi connectivity index (χ4v) is 6.87. The molecule has 2 atom stereocenters. The van der Waals surface area contributed by atoms with Gasteiger partial charge in [0.25, 0.3) is 5.91 Å². The Kier molecular flexibility index (Phi) is 23.8. The minimum atomic E-state index is -3.56. The summed E-state index contributed by atoms with van der Waals surface area (Å²) in [5.74, 6) is -0.384. The van der Waals surface area contributed by atoms with Crippen molar-refractivity contribution in [3.05, 3.63) is 29.8 Å². The molecule has 11 N–H and O–H groups in total. The van der Waals surface area contributed by atoms with E-state index in [9.17, 15) is 22.8 Å². The first kappa shape index (κ1) is 45.4. The summed E-state index contributed by atoms with van der Waals surface area (Å²) in [5, 5.41) is 5.77. The summed E-state index contributed by atoms with van der Waals surface area (Å²) in [7, 11) is -3.56. The Morgan fingerprint density at radius 2 is 1.47 bits per heavy atom. The van der Waals surface area contributed by atoms with E-state index in [2.05, 4.69) is 27.8 Å². The fraction of sp³-hybridized carbons (Fsp3) is 0.690. The van der Waals surface area contributed by atoms with Crippen molar-refractivity contribution >= 4 is 27.7 Å². The van der Waals surface area contributed by atoms with E-state index in [0.29, 0.717) is 51.6 Å². The lowest BCUT2D eigenvalue weighted by molar-refractivity contribution is -0.403. The number of hydrogen-bond acceptors (Lipinski definition) is 5. The van der Waals surface area contributed by atoms with E-state index in [4.69, 9.17) is 0 Å². The molecule has 1 aliphatic rings. The van der Waals surface area contributed by atoms with Crippen LogP contribution >= 0.6 is 0 Å². The zero-order valence-electron chi connectivity index (χ0n) is 26.7. The Balaban J connectivity index is 0. The number of rotatable bonds is 18. The van der Waals surface area contributed by atoms with Gasteiger partial charge in [-0.2, -0.15) is 4.31 Å². The van der Waals surface area contributed by atoms with Crippen molar-refractivity contribution in [2.75, 3.05) is 39.3 Å². The lowest BCUT2D eigenvalue weighted by Gasteiger charge is -2.25. The molecule has 1 saturated carbocycles. The Bertz CT molecular complexity index is 1100. The smallest absolute Gasteiger partial charge is 0.279 e. The molecule has 0 radical (unpaired) electrons. The molecule has 1 aromatic carbocycles. The van der Waals surface area contributed by atoms with Gasteiger partial charge in [0.2, 0.25) is 21.8 Å². The van der Waals surface area contributed by atoms with Gasteiger partial charge in [-0.1, -0.05) is 58.1 Å². The molecule has 16 heteroatoms. The van der Waals surface area contributed by atoms with Crippen LogP contribution in [0.4, 0.5) is 0 Å². The van der Waals surface area contributed by atoms with E-state index < -0.39 is 28.0 Å². The van der Waals surface area contributed by atoms with Gasteiger partial charge < -0.3 is 70.0 Å². The third-order valence-electron chi connectivity index (χ3n) is 7.96. The molecule has 12 nitrogen and oxygen atoms in total. The number of carbonyl (C=O) groups excluding carboxylic acids is 3. The molecule has 1 fully saturated rings. The van der Waals surface area contributed by atoms with Gasteiger partial charge in [-0.15, -0.1) is 0 Å². The quantitative estimate of drug-likeness (QED) is 0.100. The van der Waals surface area contributed by atoms with Crippen molar-refractivity contribution in [3.63, 3.8) is 0 Å². The minimum absolute atomic E-state index is 0. The topological polar surface area (TPSA) is 199 Å². The number of quaternary nitrogens is 3. The highest BCUT2D eigenvalue weighted by molar-refractivity contribution is 7.89. The van der Waals surface area contributed by atoms with Gasteiger partial charge in [0, 0.05) is 19.6 Å². The third-order valence-corrected chi connectivity index (χ3v) is 10.0. The third kappa shape index (κ3) is 14.7. The zero-order valence-corrected chi connectivity index (χ0v) is 29.8. The maximum absolute atomic E-state index is 13.3. The van der Waals surface area contributed by atoms with E-state index in [0.717, 1.165) is 24.8 Å². The van der Waals surface area contributed by atoms with Gasteiger partial charge in [-0.05, 0) is 36.5 Å². The maximum atomic E-state index is 13.3. The van der Waals surface area contributed by atoms with Crippen LogP contribution in [0.3, 0.4) is 0 Å². The van der Waals surface area contributed by atoms with Crippen molar-refractivity contribution in [2.45, 2.75) is 88.7 Å². The fourth-order valence-electron chi connectivity index (χ4n) is 5.42. The van der Waals surface area contributed by atoms with E-state index in [1.54, 1.807) is 43.0 Å². The molecule has 262 valence electrons. The summed E-state index contributed by atoms with van der Waals surface area (Å²) < 4.78 is 26.9. The first-order valence-electron chi connectivity index (χ1n) is 15.4. The first-order valence-corrected chi connectivity index (χ1v) is 16.9. The SMILES string of the molecule is CCN(CC)S(=O)(=O)c1ccc(CNC(=O)[C@H](CCC2CCCCC2)NC(=O)[C@@H]([NH3+])CC(=O)N(CC[NH3+])CC[NH3+])cc1.[Cl-].[Cl-].[Cl-]. The number of amides is 3. The molecule has 0 saturated heterocycles. The monoisotopic (exact) mass is 717 g/mol. The average molecular weight is 719 g/mol. The Morgan fingerprint density at radius 1 is 0.911 bits per heavy atom. The van der Waals surface area contributed by atoms with Crippen molar-refractivity contribution in [2.24, 2.45) is 5.92 Å². The predicted octanol–water partition coefficient (Wildman–Crippen LogP) is -10.5. The van der Waals surface area contributed by atoms with Crippen molar-refractivity contribution in [1.82, 2.24) is 19.8 Å². The van der Waals surface area contributed by atoms with Crippen molar-refractivity contribution < 1.29 is 77.2 Å². The summed E-state index contributed by atoms with van der Waals surface area (Å²) in [6.07, 6.45) is 7.16. The highest BCUT2D eigenvalue weighted by Gasteiger charge is 2.29. The van der Waals surface area contributed by atoms with E-state index in [1.165, 1.54) is 23.6 Å². The lowest BCUT2D eigenvalue weighted by Crippen LogP contribution is -3.00. The molecular formula is C29H54Cl3N7O5S. The predicted molar refractivity (Wildman–Crippen MR) is 160 cm³/mol. The maximum Gasteiger partial charge on any atom is 0.279 e. The van der Waals surface area contributed by atoms with Gasteiger partial charge in [0.05, 0.1) is 37.5 Å². The zero-order chi connectivity index (χ0) is 31.1. The minimum Gasteiger partial charge on any atom is -1.00 e. The summed E-state index contributed by atoms with van der Waals surface area (Å²) in [5.41, 5.74) is 12.3. The number of hydrogen-bond donors (Lipinski definition) is 5. The van der Waals surface area contributed by atoms with Gasteiger partial charge >= 0.3 is 0 Å². The number of sulfonamides is 1. The van der Waals surface area contributed by atoms with Crippen LogP contribution in [0.25, 0.3) is 0 Å². The Hall–Kier alpha value is -1.71. The van der Waals surface area contributed by atoms with Crippen LogP contribution in [0, 0.1) is 5.92 Å². The van der Waals surface area contributed by atoms with Crippen LogP contribution in [0.1, 0.15) is 70.8 Å². The highest BCUT2D eigenvalue weighted by Crippen LogP contribution is 2.27. The van der Waals surface area contributed by atoms with Crippen LogP contribution in [0.2, 0.25) is 0 Å². The van der Waals surface area contributed by atoms with E-state index >= 15 is 0 Å². The molecule has 0 spiro atoms. The number of carbonyl (C=O) groups is 3. The molecular weight excluding hydrogens is 665 g/mol. The molecule has 0 aliphatic heterocycles. The van der Waals surface area contributed by atoms with Crippen LogP contribution < -0.4 is 65.1 Å². The Morgan fingerprint density at radius 3 is 1.98 bits per heavy atom. The van der Waals surface area contributed by atoms with Crippen LogP contribution in [-0.4, -0.2) is 86.7 Å².